The van der Waals surface area contributed by atoms with E-state index in [9.17, 15) is 17.6 Å². The molecule has 0 bridgehead atoms. The molecule has 1 atom stereocenters. The van der Waals surface area contributed by atoms with Gasteiger partial charge in [0.2, 0.25) is 15.9 Å². The molecular weight excluding hydrogens is 391 g/mol. The summed E-state index contributed by atoms with van der Waals surface area (Å²) in [6, 6.07) is 12.4. The Hall–Kier alpha value is -2.51. The second kappa shape index (κ2) is 9.80. The van der Waals surface area contributed by atoms with Crippen molar-refractivity contribution in [2.24, 2.45) is 0 Å². The van der Waals surface area contributed by atoms with Gasteiger partial charge in [-0.15, -0.1) is 0 Å². The lowest BCUT2D eigenvalue weighted by Gasteiger charge is -2.19. The summed E-state index contributed by atoms with van der Waals surface area (Å²) in [6.07, 6.45) is 1.36. The number of benzene rings is 2. The monoisotopic (exact) mass is 418 g/mol. The molecule has 0 fully saturated rings. The summed E-state index contributed by atoms with van der Waals surface area (Å²) in [6.45, 7) is 7.88. The second-order valence-electron chi connectivity index (χ2n) is 6.70. The van der Waals surface area contributed by atoms with Crippen LogP contribution in [0.1, 0.15) is 44.9 Å². The van der Waals surface area contributed by atoms with Crippen LogP contribution in [0.3, 0.4) is 0 Å². The van der Waals surface area contributed by atoms with Crippen LogP contribution in [0.2, 0.25) is 0 Å². The number of amides is 1. The molecule has 7 heteroatoms. The molecule has 0 heterocycles. The van der Waals surface area contributed by atoms with Crippen molar-refractivity contribution in [3.8, 4) is 0 Å². The van der Waals surface area contributed by atoms with Crippen molar-refractivity contribution >= 4 is 21.5 Å². The summed E-state index contributed by atoms with van der Waals surface area (Å²) in [5.74, 6) is -0.731. The van der Waals surface area contributed by atoms with Crippen LogP contribution in [0.4, 0.5) is 4.39 Å². The number of nitrogens with one attached hydrogen (secondary N) is 1. The number of hydrogen-bond donors (Lipinski definition) is 1. The normalized spacial score (nSPS) is 13.4. The minimum Gasteiger partial charge on any atom is -0.346 e. The lowest BCUT2D eigenvalue weighted by molar-refractivity contribution is -0.117. The van der Waals surface area contributed by atoms with Crippen molar-refractivity contribution in [2.45, 2.75) is 38.6 Å². The van der Waals surface area contributed by atoms with Gasteiger partial charge in [0, 0.05) is 24.7 Å². The molecule has 0 aliphatic rings. The molecule has 2 aromatic carbocycles. The topological polar surface area (TPSA) is 66.5 Å². The van der Waals surface area contributed by atoms with Crippen LogP contribution in [-0.4, -0.2) is 31.7 Å². The van der Waals surface area contributed by atoms with Gasteiger partial charge < -0.3 is 5.32 Å². The number of halogens is 1. The maximum absolute atomic E-state index is 13.8. The summed E-state index contributed by atoms with van der Waals surface area (Å²) in [4.78, 5) is 12.5. The zero-order valence-corrected chi connectivity index (χ0v) is 18.0. The highest BCUT2D eigenvalue weighted by atomic mass is 32.2. The Morgan fingerprint density at radius 2 is 1.69 bits per heavy atom. The molecule has 0 aliphatic heterocycles. The van der Waals surface area contributed by atoms with Crippen molar-refractivity contribution in [1.29, 1.82) is 0 Å². The number of carbonyl (C=O) groups excluding carboxylic acids is 1. The van der Waals surface area contributed by atoms with E-state index in [1.165, 1.54) is 16.4 Å². The molecule has 29 heavy (non-hydrogen) atoms. The molecule has 5 nitrogen and oxygen atoms in total. The Morgan fingerprint density at radius 3 is 2.24 bits per heavy atom. The van der Waals surface area contributed by atoms with Crippen LogP contribution in [0.25, 0.3) is 5.57 Å². The first-order chi connectivity index (χ1) is 13.7. The highest BCUT2D eigenvalue weighted by molar-refractivity contribution is 7.89. The Labute approximate surface area is 172 Å². The highest BCUT2D eigenvalue weighted by Crippen LogP contribution is 2.20. The Morgan fingerprint density at radius 1 is 1.10 bits per heavy atom. The second-order valence-corrected chi connectivity index (χ2v) is 8.63. The number of allylic oxidation sites excluding steroid dienone is 1. The third-order valence-electron chi connectivity index (χ3n) is 4.73. The minimum atomic E-state index is -3.52. The van der Waals surface area contributed by atoms with E-state index in [0.717, 1.165) is 5.56 Å². The molecule has 2 aromatic rings. The third kappa shape index (κ3) is 5.52. The molecular formula is C22H27FN2O3S. The van der Waals surface area contributed by atoms with Gasteiger partial charge in [0.05, 0.1) is 10.9 Å². The molecule has 0 aliphatic carbocycles. The zero-order chi connectivity index (χ0) is 21.6. The summed E-state index contributed by atoms with van der Waals surface area (Å²) in [5, 5.41) is 2.82. The largest absolute Gasteiger partial charge is 0.346 e. The van der Waals surface area contributed by atoms with E-state index in [1.807, 2.05) is 0 Å². The van der Waals surface area contributed by atoms with Gasteiger partial charge in [-0.3, -0.25) is 4.79 Å². The average Bonchev–Trinajstić information content (AvgIpc) is 2.69. The van der Waals surface area contributed by atoms with Gasteiger partial charge in [0.1, 0.15) is 5.82 Å². The van der Waals surface area contributed by atoms with Gasteiger partial charge >= 0.3 is 0 Å². The van der Waals surface area contributed by atoms with Crippen LogP contribution in [0.15, 0.2) is 59.5 Å². The lowest BCUT2D eigenvalue weighted by Crippen LogP contribution is -2.30. The van der Waals surface area contributed by atoms with Gasteiger partial charge in [-0.2, -0.15) is 4.31 Å². The molecule has 0 spiro atoms. The standard InChI is InChI=1S/C22H27FN2O3S/c1-5-25(6-2)29(27,28)19-13-11-18(12-14-19)17(4)24-22(26)15-16(3)20-9-7-8-10-21(20)23/h7-15,17H,5-6H2,1-4H3,(H,24,26)/b16-15-. The molecule has 0 saturated carbocycles. The van der Waals surface area contributed by atoms with Crippen molar-refractivity contribution in [1.82, 2.24) is 9.62 Å². The first kappa shape index (κ1) is 22.8. The van der Waals surface area contributed by atoms with Crippen molar-refractivity contribution < 1.29 is 17.6 Å². The lowest BCUT2D eigenvalue weighted by atomic mass is 10.1. The van der Waals surface area contributed by atoms with Crippen molar-refractivity contribution in [2.75, 3.05) is 13.1 Å². The number of hydrogen-bond acceptors (Lipinski definition) is 3. The molecule has 1 unspecified atom stereocenters. The van der Waals surface area contributed by atoms with E-state index in [2.05, 4.69) is 5.32 Å². The van der Waals surface area contributed by atoms with E-state index in [4.69, 9.17) is 0 Å². The summed E-state index contributed by atoms with van der Waals surface area (Å²) in [7, 11) is -3.52. The predicted molar refractivity (Wildman–Crippen MR) is 113 cm³/mol. The SMILES string of the molecule is CCN(CC)S(=O)(=O)c1ccc(C(C)NC(=O)/C=C(/C)c2ccccc2F)cc1. The number of nitrogens with zero attached hydrogens (tertiary/aromatic N) is 1. The Bertz CT molecular complexity index is 981. The fourth-order valence-corrected chi connectivity index (χ4v) is 4.49. The molecule has 0 aromatic heterocycles. The van der Waals surface area contributed by atoms with Crippen LogP contribution < -0.4 is 5.32 Å². The van der Waals surface area contributed by atoms with Crippen molar-refractivity contribution in [3.63, 3.8) is 0 Å². The first-order valence-corrected chi connectivity index (χ1v) is 11.0. The van der Waals surface area contributed by atoms with E-state index < -0.39 is 10.0 Å². The number of carbonyl (C=O) groups is 1. The average molecular weight is 419 g/mol. The minimum absolute atomic E-state index is 0.221. The van der Waals surface area contributed by atoms with Gasteiger partial charge in [0.15, 0.2) is 0 Å². The van der Waals surface area contributed by atoms with E-state index in [-0.39, 0.29) is 22.7 Å². The predicted octanol–water partition coefficient (Wildman–Crippen LogP) is 4.14. The van der Waals surface area contributed by atoms with Gasteiger partial charge in [-0.05, 0) is 43.2 Å². The quantitative estimate of drug-likeness (QED) is 0.656. The van der Waals surface area contributed by atoms with Crippen LogP contribution >= 0.6 is 0 Å². The fraction of sp³-hybridized carbons (Fsp3) is 0.318. The van der Waals surface area contributed by atoms with E-state index >= 15 is 0 Å². The number of sulfonamides is 1. The first-order valence-electron chi connectivity index (χ1n) is 9.54. The number of rotatable bonds is 8. The summed E-state index contributed by atoms with van der Waals surface area (Å²) in [5.41, 5.74) is 1.67. The van der Waals surface area contributed by atoms with Crippen LogP contribution in [-0.2, 0) is 14.8 Å². The Balaban J connectivity index is 2.11. The van der Waals surface area contributed by atoms with E-state index in [1.54, 1.807) is 70.2 Å². The van der Waals surface area contributed by atoms with Gasteiger partial charge in [-0.25, -0.2) is 12.8 Å². The maximum Gasteiger partial charge on any atom is 0.244 e. The van der Waals surface area contributed by atoms with Crippen LogP contribution in [0, 0.1) is 5.82 Å². The van der Waals surface area contributed by atoms with E-state index in [0.29, 0.717) is 24.2 Å². The van der Waals surface area contributed by atoms with Crippen molar-refractivity contribution in [3.05, 3.63) is 71.6 Å². The molecule has 1 amide bonds. The van der Waals surface area contributed by atoms with Gasteiger partial charge in [0.25, 0.3) is 0 Å². The fourth-order valence-electron chi connectivity index (χ4n) is 3.03. The maximum atomic E-state index is 13.8. The molecule has 2 rings (SSSR count). The summed E-state index contributed by atoms with van der Waals surface area (Å²) < 4.78 is 40.3. The summed E-state index contributed by atoms with van der Waals surface area (Å²) >= 11 is 0. The van der Waals surface area contributed by atoms with Gasteiger partial charge in [-0.1, -0.05) is 44.2 Å². The molecule has 1 N–H and O–H groups in total. The Kier molecular flexibility index (Phi) is 7.70. The molecule has 0 radical (unpaired) electrons. The molecule has 156 valence electrons. The highest BCUT2D eigenvalue weighted by Gasteiger charge is 2.21. The van der Waals surface area contributed by atoms with Crippen LogP contribution in [0.5, 0.6) is 0 Å². The molecule has 0 saturated heterocycles. The third-order valence-corrected chi connectivity index (χ3v) is 6.79. The smallest absolute Gasteiger partial charge is 0.244 e. The zero-order valence-electron chi connectivity index (χ0n) is 17.1.